The third kappa shape index (κ3) is 9.44. The zero-order valence-corrected chi connectivity index (χ0v) is 23.6. The van der Waals surface area contributed by atoms with Crippen LogP contribution in [-0.4, -0.2) is 75.8 Å². The largest absolute Gasteiger partial charge is 0.374 e. The molecule has 1 rings (SSSR count). The van der Waals surface area contributed by atoms with Gasteiger partial charge in [-0.05, 0) is 74.8 Å². The molecule has 0 N–H and O–H groups in total. The van der Waals surface area contributed by atoms with Crippen molar-refractivity contribution in [2.45, 2.75) is 98.9 Å². The van der Waals surface area contributed by atoms with E-state index in [0.717, 1.165) is 17.7 Å². The van der Waals surface area contributed by atoms with E-state index >= 15 is 0 Å². The van der Waals surface area contributed by atoms with Crippen molar-refractivity contribution in [2.24, 2.45) is 0 Å². The highest BCUT2D eigenvalue weighted by atomic mass is 32.2. The molecule has 1 aliphatic rings. The van der Waals surface area contributed by atoms with Crippen molar-refractivity contribution in [3.05, 3.63) is 23.9 Å². The smallest absolute Gasteiger partial charge is 0.219 e. The van der Waals surface area contributed by atoms with Crippen LogP contribution in [0.5, 0.6) is 0 Å². The van der Waals surface area contributed by atoms with Crippen LogP contribution in [0.25, 0.3) is 0 Å². The quantitative estimate of drug-likeness (QED) is 0.173. The van der Waals surface area contributed by atoms with Crippen LogP contribution in [0.15, 0.2) is 23.9 Å². The molecular weight excluding hydrogens is 441 g/mol. The summed E-state index contributed by atoms with van der Waals surface area (Å²) in [5, 5.41) is 0.134. The Balaban J connectivity index is 2.49. The van der Waals surface area contributed by atoms with Crippen molar-refractivity contribution in [2.75, 3.05) is 26.2 Å². The van der Waals surface area contributed by atoms with E-state index in [-0.39, 0.29) is 18.0 Å². The van der Waals surface area contributed by atoms with Crippen LogP contribution in [0.1, 0.15) is 68.7 Å². The molecule has 0 aromatic carbocycles. The summed E-state index contributed by atoms with van der Waals surface area (Å²) in [6.45, 7) is 20.7. The number of carbonyl (C=O) groups is 1. The van der Waals surface area contributed by atoms with Crippen LogP contribution in [0, 0.1) is 0 Å². The minimum absolute atomic E-state index is 0.134. The standard InChI is InChI=1S/C24H46N3O3PS/c1-18(2)26(19(3)4)31(27(20(5)6)21(7)8)30-17-29-14-11-15-32-24(28)23-12-13-25(10)22(9)16-23/h12-13,16,18-22H,11,14-15,17H2,1-10H3. The van der Waals surface area contributed by atoms with Crippen LogP contribution < -0.4 is 0 Å². The molecule has 1 unspecified atom stereocenters. The molecule has 0 saturated heterocycles. The van der Waals surface area contributed by atoms with Gasteiger partial charge in [-0.15, -0.1) is 0 Å². The molecule has 0 fully saturated rings. The van der Waals surface area contributed by atoms with Gasteiger partial charge in [0.05, 0.1) is 6.61 Å². The Hall–Kier alpha value is -0.430. The van der Waals surface area contributed by atoms with E-state index in [2.05, 4.69) is 76.6 Å². The first-order chi connectivity index (χ1) is 15.0. The van der Waals surface area contributed by atoms with E-state index in [9.17, 15) is 4.79 Å². The summed E-state index contributed by atoms with van der Waals surface area (Å²) < 4.78 is 17.1. The molecule has 0 aromatic rings. The normalized spacial score (nSPS) is 17.2. The maximum Gasteiger partial charge on any atom is 0.219 e. The average molecular weight is 488 g/mol. The van der Waals surface area contributed by atoms with E-state index in [1.807, 2.05) is 25.4 Å². The van der Waals surface area contributed by atoms with E-state index in [1.165, 1.54) is 11.8 Å². The van der Waals surface area contributed by atoms with Crippen molar-refractivity contribution in [3.63, 3.8) is 0 Å². The van der Waals surface area contributed by atoms with Gasteiger partial charge >= 0.3 is 0 Å². The SMILES string of the molecule is CC1C=C(C(=O)SCCCOCOP(N(C(C)C)C(C)C)N(C(C)C)C(C)C)C=CN1C. The Morgan fingerprint density at radius 3 is 2.06 bits per heavy atom. The highest BCUT2D eigenvalue weighted by molar-refractivity contribution is 8.14. The van der Waals surface area contributed by atoms with E-state index in [4.69, 9.17) is 9.26 Å². The molecule has 1 atom stereocenters. The van der Waals surface area contributed by atoms with Crippen molar-refractivity contribution in [1.29, 1.82) is 0 Å². The zero-order chi connectivity index (χ0) is 24.4. The Morgan fingerprint density at radius 1 is 1.06 bits per heavy atom. The molecule has 0 spiro atoms. The third-order valence-electron chi connectivity index (χ3n) is 5.22. The fourth-order valence-corrected chi connectivity index (χ4v) is 6.70. The molecule has 1 aliphatic heterocycles. The molecule has 0 amide bonds. The van der Waals surface area contributed by atoms with Gasteiger partial charge in [0.25, 0.3) is 0 Å². The third-order valence-corrected chi connectivity index (χ3v) is 9.18. The summed E-state index contributed by atoms with van der Waals surface area (Å²) in [6.07, 6.45) is 6.70. The number of hydrogen-bond donors (Lipinski definition) is 0. The molecule has 0 saturated carbocycles. The summed E-state index contributed by atoms with van der Waals surface area (Å²) >= 11 is 1.37. The van der Waals surface area contributed by atoms with Gasteiger partial charge in [0.1, 0.15) is 0 Å². The van der Waals surface area contributed by atoms with E-state index < -0.39 is 8.45 Å². The Bertz CT molecular complexity index is 590. The number of allylic oxidation sites excluding steroid dienone is 1. The summed E-state index contributed by atoms with van der Waals surface area (Å²) in [7, 11) is 1.08. The van der Waals surface area contributed by atoms with Crippen LogP contribution >= 0.6 is 20.2 Å². The molecule has 6 nitrogen and oxygen atoms in total. The first-order valence-electron chi connectivity index (χ1n) is 11.8. The van der Waals surface area contributed by atoms with Gasteiger partial charge in [0.15, 0.2) is 15.2 Å². The summed E-state index contributed by atoms with van der Waals surface area (Å²) in [5.41, 5.74) is 0.792. The lowest BCUT2D eigenvalue weighted by atomic mass is 10.1. The maximum absolute atomic E-state index is 12.4. The monoisotopic (exact) mass is 487 g/mol. The van der Waals surface area contributed by atoms with Gasteiger partial charge in [0.2, 0.25) is 5.12 Å². The lowest BCUT2D eigenvalue weighted by Crippen LogP contribution is -2.43. The minimum atomic E-state index is -0.934. The first kappa shape index (κ1) is 29.6. The fourth-order valence-electron chi connectivity index (χ4n) is 3.69. The first-order valence-corrected chi connectivity index (χ1v) is 14.0. The van der Waals surface area contributed by atoms with Crippen molar-refractivity contribution in [3.8, 4) is 0 Å². The second-order valence-corrected chi connectivity index (χ2v) is 12.1. The van der Waals surface area contributed by atoms with Crippen LogP contribution in [0.3, 0.4) is 0 Å². The van der Waals surface area contributed by atoms with Crippen molar-refractivity contribution >= 4 is 25.3 Å². The van der Waals surface area contributed by atoms with E-state index in [1.54, 1.807) is 0 Å². The predicted molar refractivity (Wildman–Crippen MR) is 140 cm³/mol. The second-order valence-electron chi connectivity index (χ2n) is 9.38. The van der Waals surface area contributed by atoms with E-state index in [0.29, 0.717) is 30.8 Å². The highest BCUT2D eigenvalue weighted by Crippen LogP contribution is 2.50. The number of carbonyl (C=O) groups excluding carboxylic acids is 1. The Labute approximate surface area is 202 Å². The molecular formula is C24H46N3O3PS. The number of likely N-dealkylation sites (N-methyl/N-ethyl adjacent to an activating group) is 1. The van der Waals surface area contributed by atoms with Crippen LogP contribution in [-0.2, 0) is 14.1 Å². The number of rotatable bonds is 14. The molecule has 8 heteroatoms. The lowest BCUT2D eigenvalue weighted by Gasteiger charge is -2.45. The van der Waals surface area contributed by atoms with Crippen molar-refractivity contribution < 1.29 is 14.1 Å². The highest BCUT2D eigenvalue weighted by Gasteiger charge is 2.34. The molecule has 0 radical (unpaired) electrons. The Morgan fingerprint density at radius 2 is 1.59 bits per heavy atom. The number of ether oxygens (including phenoxy) is 1. The molecule has 32 heavy (non-hydrogen) atoms. The lowest BCUT2D eigenvalue weighted by molar-refractivity contribution is -0.107. The zero-order valence-electron chi connectivity index (χ0n) is 21.9. The molecule has 0 bridgehead atoms. The summed E-state index contributed by atoms with van der Waals surface area (Å²) in [4.78, 5) is 14.5. The van der Waals surface area contributed by atoms with Gasteiger partial charge in [-0.2, -0.15) is 0 Å². The van der Waals surface area contributed by atoms with Gasteiger partial charge in [0, 0.05) is 54.8 Å². The summed E-state index contributed by atoms with van der Waals surface area (Å²) in [5.74, 6) is 0.747. The van der Waals surface area contributed by atoms with Crippen molar-refractivity contribution in [1.82, 2.24) is 14.2 Å². The van der Waals surface area contributed by atoms with Gasteiger partial charge in [-0.1, -0.05) is 17.8 Å². The predicted octanol–water partition coefficient (Wildman–Crippen LogP) is 5.87. The number of nitrogens with zero attached hydrogens (tertiary/aromatic N) is 3. The van der Waals surface area contributed by atoms with Gasteiger partial charge in [-0.3, -0.25) is 4.79 Å². The fraction of sp³-hybridized carbons (Fsp3) is 0.792. The van der Waals surface area contributed by atoms with Crippen LogP contribution in [0.4, 0.5) is 0 Å². The molecule has 1 heterocycles. The number of thioether (sulfide) groups is 1. The topological polar surface area (TPSA) is 45.3 Å². The van der Waals surface area contributed by atoms with Gasteiger partial charge in [-0.25, -0.2) is 9.34 Å². The van der Waals surface area contributed by atoms with Crippen LogP contribution in [0.2, 0.25) is 0 Å². The average Bonchev–Trinajstić information content (AvgIpc) is 2.67. The second kappa shape index (κ2) is 14.7. The van der Waals surface area contributed by atoms with Gasteiger partial charge < -0.3 is 14.2 Å². The molecule has 0 aromatic heterocycles. The Kier molecular flexibility index (Phi) is 13.6. The molecule has 186 valence electrons. The number of hydrogen-bond acceptors (Lipinski definition) is 7. The molecule has 0 aliphatic carbocycles. The maximum atomic E-state index is 12.4. The summed E-state index contributed by atoms with van der Waals surface area (Å²) in [6, 6.07) is 1.79. The minimum Gasteiger partial charge on any atom is -0.374 e.